The second kappa shape index (κ2) is 2.83. The molecule has 0 spiro atoms. The van der Waals surface area contributed by atoms with Crippen LogP contribution in [0.1, 0.15) is 20.3 Å². The SMILES string of the molecule is CC(=O)N1CC(=O)CC1(C)C(=O)O. The largest absolute Gasteiger partial charge is 0.479 e. The fourth-order valence-electron chi connectivity index (χ4n) is 1.54. The van der Waals surface area contributed by atoms with E-state index in [9.17, 15) is 14.4 Å². The lowest BCUT2D eigenvalue weighted by atomic mass is 9.99. The molecule has 0 aromatic carbocycles. The predicted molar refractivity (Wildman–Crippen MR) is 43.1 cm³/mol. The first-order valence-electron chi connectivity index (χ1n) is 3.91. The zero-order chi connectivity index (χ0) is 10.2. The average Bonchev–Trinajstić information content (AvgIpc) is 2.27. The lowest BCUT2D eigenvalue weighted by molar-refractivity contribution is -0.154. The van der Waals surface area contributed by atoms with Gasteiger partial charge in [0.15, 0.2) is 5.78 Å². The minimum atomic E-state index is -1.34. The van der Waals surface area contributed by atoms with Gasteiger partial charge in [0, 0.05) is 13.3 Å². The summed E-state index contributed by atoms with van der Waals surface area (Å²) in [6.45, 7) is 2.57. The van der Waals surface area contributed by atoms with E-state index in [0.717, 1.165) is 4.90 Å². The Morgan fingerprint density at radius 3 is 2.38 bits per heavy atom. The van der Waals surface area contributed by atoms with Crippen molar-refractivity contribution in [1.29, 1.82) is 0 Å². The van der Waals surface area contributed by atoms with Gasteiger partial charge in [0.2, 0.25) is 5.91 Å². The maximum atomic E-state index is 11.0. The molecule has 1 amide bonds. The molecule has 1 fully saturated rings. The molecule has 5 nitrogen and oxygen atoms in total. The van der Waals surface area contributed by atoms with Gasteiger partial charge in [-0.1, -0.05) is 0 Å². The number of ketones is 1. The summed E-state index contributed by atoms with van der Waals surface area (Å²) in [4.78, 5) is 34.0. The number of hydrogen-bond acceptors (Lipinski definition) is 3. The van der Waals surface area contributed by atoms with E-state index in [1.54, 1.807) is 0 Å². The molecule has 0 aromatic rings. The van der Waals surface area contributed by atoms with Gasteiger partial charge in [-0.15, -0.1) is 0 Å². The molecule has 0 radical (unpaired) electrons. The van der Waals surface area contributed by atoms with Crippen LogP contribution < -0.4 is 0 Å². The second-order valence-corrected chi connectivity index (χ2v) is 3.40. The van der Waals surface area contributed by atoms with Crippen LogP contribution in [-0.4, -0.2) is 39.7 Å². The van der Waals surface area contributed by atoms with E-state index in [4.69, 9.17) is 5.11 Å². The first-order valence-corrected chi connectivity index (χ1v) is 3.91. The van der Waals surface area contributed by atoms with Crippen molar-refractivity contribution in [3.63, 3.8) is 0 Å². The highest BCUT2D eigenvalue weighted by atomic mass is 16.4. The molecule has 13 heavy (non-hydrogen) atoms. The number of carbonyl (C=O) groups is 3. The van der Waals surface area contributed by atoms with Crippen LogP contribution in [0, 0.1) is 0 Å². The number of Topliss-reactive ketones (excluding diaryl/α,β-unsaturated/α-hetero) is 1. The summed E-state index contributed by atoms with van der Waals surface area (Å²) in [6.07, 6.45) is -0.0953. The summed E-state index contributed by atoms with van der Waals surface area (Å²) < 4.78 is 0. The van der Waals surface area contributed by atoms with Gasteiger partial charge in [-0.05, 0) is 6.92 Å². The molecule has 0 aromatic heterocycles. The van der Waals surface area contributed by atoms with Crippen LogP contribution >= 0.6 is 0 Å². The zero-order valence-corrected chi connectivity index (χ0v) is 7.53. The summed E-state index contributed by atoms with van der Waals surface area (Å²) >= 11 is 0. The van der Waals surface area contributed by atoms with Crippen LogP contribution in [0.15, 0.2) is 0 Å². The van der Waals surface area contributed by atoms with E-state index < -0.39 is 11.5 Å². The van der Waals surface area contributed by atoms with Crippen molar-refractivity contribution in [3.05, 3.63) is 0 Å². The fraction of sp³-hybridized carbons (Fsp3) is 0.625. The summed E-state index contributed by atoms with van der Waals surface area (Å²) in [5, 5.41) is 8.86. The zero-order valence-electron chi connectivity index (χ0n) is 7.53. The van der Waals surface area contributed by atoms with Gasteiger partial charge in [0.05, 0.1) is 6.54 Å². The Morgan fingerprint density at radius 2 is 2.08 bits per heavy atom. The second-order valence-electron chi connectivity index (χ2n) is 3.40. The minimum absolute atomic E-state index is 0.0852. The van der Waals surface area contributed by atoms with E-state index in [0.29, 0.717) is 0 Å². The van der Waals surface area contributed by atoms with Crippen molar-refractivity contribution < 1.29 is 19.5 Å². The van der Waals surface area contributed by atoms with Crippen LogP contribution in [-0.2, 0) is 14.4 Å². The van der Waals surface area contributed by atoms with Crippen LogP contribution in [0.3, 0.4) is 0 Å². The third kappa shape index (κ3) is 1.41. The van der Waals surface area contributed by atoms with Gasteiger partial charge in [-0.3, -0.25) is 9.59 Å². The van der Waals surface area contributed by atoms with Crippen molar-refractivity contribution in [2.45, 2.75) is 25.8 Å². The Hall–Kier alpha value is -1.39. The lowest BCUT2D eigenvalue weighted by Crippen LogP contribution is -2.49. The third-order valence-corrected chi connectivity index (χ3v) is 2.31. The molecule has 0 bridgehead atoms. The number of rotatable bonds is 1. The third-order valence-electron chi connectivity index (χ3n) is 2.31. The van der Waals surface area contributed by atoms with E-state index >= 15 is 0 Å². The van der Waals surface area contributed by atoms with Crippen LogP contribution in [0.4, 0.5) is 0 Å². The Labute approximate surface area is 75.3 Å². The average molecular weight is 185 g/mol. The number of aliphatic carboxylic acids is 1. The van der Waals surface area contributed by atoms with Crippen molar-refractivity contribution in [2.24, 2.45) is 0 Å². The predicted octanol–water partition coefficient (Wildman–Crippen LogP) is -0.349. The minimum Gasteiger partial charge on any atom is -0.479 e. The summed E-state index contributed by atoms with van der Waals surface area (Å²) in [6, 6.07) is 0. The molecule has 1 aliphatic rings. The molecule has 1 N–H and O–H groups in total. The van der Waals surface area contributed by atoms with Gasteiger partial charge in [-0.2, -0.15) is 0 Å². The Morgan fingerprint density at radius 1 is 1.54 bits per heavy atom. The van der Waals surface area contributed by atoms with E-state index in [2.05, 4.69) is 0 Å². The monoisotopic (exact) mass is 185 g/mol. The summed E-state index contributed by atoms with van der Waals surface area (Å²) in [5.74, 6) is -1.72. The highest BCUT2D eigenvalue weighted by Gasteiger charge is 2.48. The van der Waals surface area contributed by atoms with Gasteiger partial charge in [0.1, 0.15) is 5.54 Å². The molecular weight excluding hydrogens is 174 g/mol. The van der Waals surface area contributed by atoms with Gasteiger partial charge in [0.25, 0.3) is 0 Å². The Balaban J connectivity index is 3.01. The van der Waals surface area contributed by atoms with Gasteiger partial charge in [-0.25, -0.2) is 4.79 Å². The maximum absolute atomic E-state index is 11.0. The molecule has 1 unspecified atom stereocenters. The van der Waals surface area contributed by atoms with Crippen LogP contribution in [0.25, 0.3) is 0 Å². The molecule has 1 saturated heterocycles. The van der Waals surface area contributed by atoms with Crippen molar-refractivity contribution >= 4 is 17.7 Å². The number of carbonyl (C=O) groups excluding carboxylic acids is 2. The first-order chi connectivity index (χ1) is 5.88. The van der Waals surface area contributed by atoms with E-state index in [1.807, 2.05) is 0 Å². The van der Waals surface area contributed by atoms with Crippen molar-refractivity contribution in [3.8, 4) is 0 Å². The molecule has 0 aliphatic carbocycles. The topological polar surface area (TPSA) is 74.7 Å². The highest BCUT2D eigenvalue weighted by Crippen LogP contribution is 2.26. The molecule has 1 heterocycles. The normalized spacial score (nSPS) is 27.8. The van der Waals surface area contributed by atoms with Gasteiger partial charge >= 0.3 is 5.97 Å². The summed E-state index contributed by atoms with van der Waals surface area (Å²) in [5.41, 5.74) is -1.34. The number of carboxylic acid groups (broad SMARTS) is 1. The van der Waals surface area contributed by atoms with E-state index in [-0.39, 0.29) is 24.7 Å². The molecule has 0 saturated carbocycles. The molecule has 5 heteroatoms. The molecule has 72 valence electrons. The highest BCUT2D eigenvalue weighted by molar-refractivity contribution is 5.98. The Bertz CT molecular complexity index is 286. The smallest absolute Gasteiger partial charge is 0.329 e. The van der Waals surface area contributed by atoms with Crippen molar-refractivity contribution in [2.75, 3.05) is 6.54 Å². The Kier molecular flexibility index (Phi) is 2.11. The fourth-order valence-corrected chi connectivity index (χ4v) is 1.54. The van der Waals surface area contributed by atoms with Gasteiger partial charge < -0.3 is 10.0 Å². The molecule has 1 aliphatic heterocycles. The number of carboxylic acids is 1. The lowest BCUT2D eigenvalue weighted by Gasteiger charge is -2.28. The standard InChI is InChI=1S/C8H11NO4/c1-5(10)9-4-6(11)3-8(9,2)7(12)13/h3-4H2,1-2H3,(H,12,13). The van der Waals surface area contributed by atoms with E-state index in [1.165, 1.54) is 13.8 Å². The van der Waals surface area contributed by atoms with Crippen molar-refractivity contribution in [1.82, 2.24) is 4.90 Å². The molecular formula is C8H11NO4. The molecule has 1 atom stereocenters. The maximum Gasteiger partial charge on any atom is 0.329 e. The van der Waals surface area contributed by atoms with Crippen LogP contribution in [0.5, 0.6) is 0 Å². The molecule has 1 rings (SSSR count). The number of nitrogens with zero attached hydrogens (tertiary/aromatic N) is 1. The van der Waals surface area contributed by atoms with Crippen LogP contribution in [0.2, 0.25) is 0 Å². The first kappa shape index (κ1) is 9.70. The summed E-state index contributed by atoms with van der Waals surface area (Å²) in [7, 11) is 0. The quantitative estimate of drug-likeness (QED) is 0.606. The number of likely N-dealkylation sites (tertiary alicyclic amines) is 1. The number of hydrogen-bond donors (Lipinski definition) is 1. The number of amides is 1.